The maximum absolute atomic E-state index is 12.2. The largest absolute Gasteiger partial charge is 0.467 e. The number of hydrogen-bond acceptors (Lipinski definition) is 4. The maximum Gasteiger partial charge on any atom is 0.240 e. The van der Waals surface area contributed by atoms with Gasteiger partial charge in [-0.25, -0.2) is 0 Å². The Labute approximate surface area is 160 Å². The number of nitrogens with one attached hydrogen (secondary N) is 1. The lowest BCUT2D eigenvalue weighted by Crippen LogP contribution is -2.39. The van der Waals surface area contributed by atoms with E-state index in [9.17, 15) is 9.59 Å². The first-order valence-corrected chi connectivity index (χ1v) is 9.45. The molecule has 1 saturated heterocycles. The van der Waals surface area contributed by atoms with E-state index < -0.39 is 0 Å². The number of benzene rings is 1. The van der Waals surface area contributed by atoms with Crippen molar-refractivity contribution in [3.8, 4) is 0 Å². The third-order valence-corrected chi connectivity index (χ3v) is 5.03. The molecule has 1 aliphatic heterocycles. The van der Waals surface area contributed by atoms with Gasteiger partial charge in [-0.05, 0) is 55.2 Å². The summed E-state index contributed by atoms with van der Waals surface area (Å²) in [5, 5.41) is 2.77. The molecule has 0 aliphatic carbocycles. The molecule has 1 aromatic carbocycles. The molecule has 0 saturated carbocycles. The first-order valence-electron chi connectivity index (χ1n) is 9.45. The van der Waals surface area contributed by atoms with Gasteiger partial charge in [0.05, 0.1) is 12.8 Å². The second kappa shape index (κ2) is 8.75. The third kappa shape index (κ3) is 5.12. The second-order valence-electron chi connectivity index (χ2n) is 7.15. The molecule has 1 fully saturated rings. The average molecular weight is 369 g/mol. The van der Waals surface area contributed by atoms with Crippen LogP contribution in [0.1, 0.15) is 32.4 Å². The number of piperidine rings is 1. The smallest absolute Gasteiger partial charge is 0.240 e. The minimum absolute atomic E-state index is 0.0172. The third-order valence-electron chi connectivity index (χ3n) is 5.03. The van der Waals surface area contributed by atoms with Crippen LogP contribution in [0.3, 0.4) is 0 Å². The van der Waals surface area contributed by atoms with Gasteiger partial charge in [-0.1, -0.05) is 6.92 Å². The summed E-state index contributed by atoms with van der Waals surface area (Å²) in [5.41, 5.74) is 1.89. The molecule has 1 aromatic heterocycles. The molecule has 0 unspecified atom stereocenters. The molecule has 0 radical (unpaired) electrons. The minimum Gasteiger partial charge on any atom is -0.467 e. The molecule has 0 spiro atoms. The molecule has 27 heavy (non-hydrogen) atoms. The van der Waals surface area contributed by atoms with Crippen LogP contribution in [-0.2, 0) is 16.1 Å². The molecule has 2 aromatic rings. The number of hydrogen-bond donors (Lipinski definition) is 1. The van der Waals surface area contributed by atoms with E-state index >= 15 is 0 Å². The van der Waals surface area contributed by atoms with Crippen LogP contribution in [-0.4, -0.2) is 31.4 Å². The summed E-state index contributed by atoms with van der Waals surface area (Å²) >= 11 is 0. The predicted molar refractivity (Wildman–Crippen MR) is 106 cm³/mol. The highest BCUT2D eigenvalue weighted by Gasteiger charge is 2.18. The fourth-order valence-electron chi connectivity index (χ4n) is 3.29. The van der Waals surface area contributed by atoms with E-state index in [1.807, 2.05) is 24.3 Å². The number of rotatable bonds is 6. The standard InChI is InChI=1S/C21H27N3O3/c1-16-9-11-23(12-10-16)18-5-7-19(8-6-18)24(17(2)25)15-21(26)22-14-20-4-3-13-27-20/h3-8,13,16H,9-12,14-15H2,1-2H3,(H,22,26). The van der Waals surface area contributed by atoms with Crippen LogP contribution in [0.15, 0.2) is 47.1 Å². The average Bonchev–Trinajstić information content (AvgIpc) is 3.19. The lowest BCUT2D eigenvalue weighted by molar-refractivity contribution is -0.123. The first kappa shape index (κ1) is 19.0. The van der Waals surface area contributed by atoms with E-state index in [0.717, 1.165) is 30.4 Å². The molecule has 1 N–H and O–H groups in total. The summed E-state index contributed by atoms with van der Waals surface area (Å²) in [5.74, 6) is 1.07. The van der Waals surface area contributed by atoms with Crippen molar-refractivity contribution in [2.75, 3.05) is 29.4 Å². The topological polar surface area (TPSA) is 65.8 Å². The van der Waals surface area contributed by atoms with Crippen LogP contribution >= 0.6 is 0 Å². The van der Waals surface area contributed by atoms with Gasteiger partial charge >= 0.3 is 0 Å². The second-order valence-corrected chi connectivity index (χ2v) is 7.15. The highest BCUT2D eigenvalue weighted by molar-refractivity contribution is 5.97. The maximum atomic E-state index is 12.2. The summed E-state index contributed by atoms with van der Waals surface area (Å²) < 4.78 is 5.20. The highest BCUT2D eigenvalue weighted by atomic mass is 16.3. The molecule has 1 aliphatic rings. The lowest BCUT2D eigenvalue weighted by atomic mass is 9.99. The quantitative estimate of drug-likeness (QED) is 0.849. The van der Waals surface area contributed by atoms with E-state index in [4.69, 9.17) is 4.42 Å². The van der Waals surface area contributed by atoms with Crippen LogP contribution in [0.2, 0.25) is 0 Å². The monoisotopic (exact) mass is 369 g/mol. The van der Waals surface area contributed by atoms with E-state index in [2.05, 4.69) is 17.1 Å². The van der Waals surface area contributed by atoms with Crippen LogP contribution in [0, 0.1) is 5.92 Å². The van der Waals surface area contributed by atoms with Gasteiger partial charge in [-0.3, -0.25) is 9.59 Å². The Morgan fingerprint density at radius 3 is 2.48 bits per heavy atom. The molecule has 2 amide bonds. The Morgan fingerprint density at radius 1 is 1.19 bits per heavy atom. The van der Waals surface area contributed by atoms with Gasteiger partial charge in [0.25, 0.3) is 0 Å². The summed E-state index contributed by atoms with van der Waals surface area (Å²) in [6, 6.07) is 11.4. The molecular weight excluding hydrogens is 342 g/mol. The van der Waals surface area contributed by atoms with Crippen LogP contribution < -0.4 is 15.1 Å². The van der Waals surface area contributed by atoms with Gasteiger partial charge in [-0.2, -0.15) is 0 Å². The van der Waals surface area contributed by atoms with Crippen molar-refractivity contribution in [2.24, 2.45) is 5.92 Å². The Kier molecular flexibility index (Phi) is 6.16. The van der Waals surface area contributed by atoms with Crippen molar-refractivity contribution in [1.82, 2.24) is 5.32 Å². The Bertz CT molecular complexity index is 747. The Balaban J connectivity index is 1.60. The summed E-state index contributed by atoms with van der Waals surface area (Å²) in [6.07, 6.45) is 3.97. The molecule has 6 nitrogen and oxygen atoms in total. The molecule has 3 rings (SSSR count). The van der Waals surface area contributed by atoms with E-state index in [1.165, 1.54) is 24.7 Å². The number of anilines is 2. The first-order chi connectivity index (χ1) is 13.0. The minimum atomic E-state index is -0.226. The van der Waals surface area contributed by atoms with Gasteiger partial charge in [-0.15, -0.1) is 0 Å². The van der Waals surface area contributed by atoms with Crippen LogP contribution in [0.25, 0.3) is 0 Å². The van der Waals surface area contributed by atoms with Crippen LogP contribution in [0.4, 0.5) is 11.4 Å². The molecular formula is C21H27N3O3. The summed E-state index contributed by atoms with van der Waals surface area (Å²) in [4.78, 5) is 28.1. The molecule has 144 valence electrons. The van der Waals surface area contributed by atoms with Crippen molar-refractivity contribution >= 4 is 23.2 Å². The fraction of sp³-hybridized carbons (Fsp3) is 0.429. The van der Waals surface area contributed by atoms with Gasteiger partial charge in [0.15, 0.2) is 0 Å². The molecule has 2 heterocycles. The number of nitrogens with zero attached hydrogens (tertiary/aromatic N) is 2. The SMILES string of the molecule is CC(=O)N(CC(=O)NCc1ccco1)c1ccc(N2CCC(C)CC2)cc1. The van der Waals surface area contributed by atoms with E-state index in [-0.39, 0.29) is 18.4 Å². The Morgan fingerprint density at radius 2 is 1.89 bits per heavy atom. The van der Waals surface area contributed by atoms with Gasteiger partial charge in [0, 0.05) is 31.4 Å². The van der Waals surface area contributed by atoms with Crippen molar-refractivity contribution in [3.05, 3.63) is 48.4 Å². The van der Waals surface area contributed by atoms with E-state index in [0.29, 0.717) is 12.3 Å². The molecule has 0 atom stereocenters. The predicted octanol–water partition coefficient (Wildman–Crippen LogP) is 3.19. The lowest BCUT2D eigenvalue weighted by Gasteiger charge is -2.32. The molecule has 0 bridgehead atoms. The number of amides is 2. The van der Waals surface area contributed by atoms with Crippen LogP contribution in [0.5, 0.6) is 0 Å². The van der Waals surface area contributed by atoms with E-state index in [1.54, 1.807) is 18.4 Å². The highest BCUT2D eigenvalue weighted by Crippen LogP contribution is 2.25. The normalized spacial score (nSPS) is 14.8. The molecule has 6 heteroatoms. The summed E-state index contributed by atoms with van der Waals surface area (Å²) in [7, 11) is 0. The van der Waals surface area contributed by atoms with Crippen molar-refractivity contribution < 1.29 is 14.0 Å². The Hall–Kier alpha value is -2.76. The number of carbonyl (C=O) groups is 2. The van der Waals surface area contributed by atoms with Gasteiger partial charge < -0.3 is 19.5 Å². The van der Waals surface area contributed by atoms with Crippen molar-refractivity contribution in [1.29, 1.82) is 0 Å². The number of furan rings is 1. The zero-order chi connectivity index (χ0) is 19.2. The van der Waals surface area contributed by atoms with Gasteiger partial charge in [0.2, 0.25) is 11.8 Å². The van der Waals surface area contributed by atoms with Crippen molar-refractivity contribution in [2.45, 2.75) is 33.2 Å². The van der Waals surface area contributed by atoms with Gasteiger partial charge in [0.1, 0.15) is 12.3 Å². The summed E-state index contributed by atoms with van der Waals surface area (Å²) in [6.45, 7) is 6.18. The zero-order valence-electron chi connectivity index (χ0n) is 16.0. The zero-order valence-corrected chi connectivity index (χ0v) is 16.0. The fourth-order valence-corrected chi connectivity index (χ4v) is 3.29. The number of carbonyl (C=O) groups excluding carboxylic acids is 2. The van der Waals surface area contributed by atoms with Crippen molar-refractivity contribution in [3.63, 3.8) is 0 Å².